The molecule has 0 atom stereocenters. The number of nitrogens with zero attached hydrogens (tertiary/aromatic N) is 2. The molecule has 0 unspecified atom stereocenters. The smallest absolute Gasteiger partial charge is 0.336 e. The molecule has 7 heteroatoms. The highest BCUT2D eigenvalue weighted by Crippen LogP contribution is 2.27. The van der Waals surface area contributed by atoms with Gasteiger partial charge in [-0.25, -0.2) is 4.79 Å². The van der Waals surface area contributed by atoms with Crippen LogP contribution in [0.4, 0.5) is 11.4 Å². The van der Waals surface area contributed by atoms with Crippen LogP contribution < -0.4 is 15.8 Å². The number of aryl methyl sites for hydroxylation is 1. The maximum atomic E-state index is 12.7. The Morgan fingerprint density at radius 3 is 2.50 bits per heavy atom. The normalized spacial score (nSPS) is 14.2. The van der Waals surface area contributed by atoms with Crippen molar-refractivity contribution in [1.29, 1.82) is 0 Å². The average Bonchev–Trinajstić information content (AvgIpc) is 2.79. The molecule has 0 spiro atoms. The van der Waals surface area contributed by atoms with Gasteiger partial charge < -0.3 is 19.4 Å². The second kappa shape index (κ2) is 10.4. The lowest BCUT2D eigenvalue weighted by Crippen LogP contribution is -2.36. The number of benzene rings is 2. The van der Waals surface area contributed by atoms with Crippen LogP contribution in [-0.4, -0.2) is 50.7 Å². The molecule has 0 saturated carbocycles. The molecule has 3 aromatic rings. The highest BCUT2D eigenvalue weighted by Gasteiger charge is 2.15. The van der Waals surface area contributed by atoms with Crippen LogP contribution in [0.15, 0.2) is 51.7 Å². The van der Waals surface area contributed by atoms with Crippen molar-refractivity contribution in [3.05, 3.63) is 69.6 Å². The van der Waals surface area contributed by atoms with Crippen molar-refractivity contribution in [1.82, 2.24) is 4.90 Å². The predicted molar refractivity (Wildman–Crippen MR) is 136 cm³/mol. The Balaban J connectivity index is 1.42. The fourth-order valence-corrected chi connectivity index (χ4v) is 4.51. The Kier molecular flexibility index (Phi) is 7.34. The summed E-state index contributed by atoms with van der Waals surface area (Å²) in [6.07, 6.45) is 0. The van der Waals surface area contributed by atoms with Gasteiger partial charge in [-0.3, -0.25) is 9.69 Å². The van der Waals surface area contributed by atoms with Gasteiger partial charge in [0.05, 0.1) is 19.8 Å². The molecule has 0 radical (unpaired) electrons. The summed E-state index contributed by atoms with van der Waals surface area (Å²) in [5.41, 5.74) is 5.29. The lowest BCUT2D eigenvalue weighted by Gasteiger charge is -2.28. The lowest BCUT2D eigenvalue weighted by molar-refractivity contribution is -0.117. The molecule has 1 N–H and O–H groups in total. The summed E-state index contributed by atoms with van der Waals surface area (Å²) in [5, 5.41) is 3.88. The van der Waals surface area contributed by atoms with E-state index in [1.807, 2.05) is 49.2 Å². The minimum atomic E-state index is -0.377. The maximum Gasteiger partial charge on any atom is 0.336 e. The lowest BCUT2D eigenvalue weighted by atomic mass is 9.95. The van der Waals surface area contributed by atoms with Crippen LogP contribution in [0.3, 0.4) is 0 Å². The van der Waals surface area contributed by atoms with Gasteiger partial charge >= 0.3 is 5.63 Å². The van der Waals surface area contributed by atoms with Gasteiger partial charge in [0.15, 0.2) is 0 Å². The third-order valence-electron chi connectivity index (χ3n) is 6.22. The van der Waals surface area contributed by atoms with Gasteiger partial charge in [0.1, 0.15) is 5.58 Å². The number of nitrogens with one attached hydrogen (secondary N) is 1. The minimum Gasteiger partial charge on any atom is -0.423 e. The van der Waals surface area contributed by atoms with Gasteiger partial charge in [0, 0.05) is 42.5 Å². The molecule has 2 aromatic carbocycles. The average molecular weight is 464 g/mol. The second-order valence-corrected chi connectivity index (χ2v) is 9.32. The SMILES string of the molecule is Cc1cc2oc(=O)cc(CN(C)CC(=O)Nc3ccc(N4CCOCC4)cc3)c2cc1C(C)C. The number of ether oxygens (including phenoxy) is 1. The summed E-state index contributed by atoms with van der Waals surface area (Å²) < 4.78 is 10.9. The van der Waals surface area contributed by atoms with Crippen LogP contribution in [0.2, 0.25) is 0 Å². The van der Waals surface area contributed by atoms with E-state index in [2.05, 4.69) is 30.1 Å². The first kappa shape index (κ1) is 24.0. The third kappa shape index (κ3) is 5.66. The zero-order valence-corrected chi connectivity index (χ0v) is 20.4. The molecule has 1 aliphatic rings. The van der Waals surface area contributed by atoms with E-state index < -0.39 is 0 Å². The Morgan fingerprint density at radius 1 is 1.12 bits per heavy atom. The van der Waals surface area contributed by atoms with Gasteiger partial charge in [-0.2, -0.15) is 0 Å². The van der Waals surface area contributed by atoms with E-state index in [9.17, 15) is 9.59 Å². The number of morpholine rings is 1. The van der Waals surface area contributed by atoms with Crippen LogP contribution in [0.5, 0.6) is 0 Å². The quantitative estimate of drug-likeness (QED) is 0.531. The summed E-state index contributed by atoms with van der Waals surface area (Å²) in [5.74, 6) is 0.259. The van der Waals surface area contributed by atoms with Gasteiger partial charge in [0.25, 0.3) is 0 Å². The van der Waals surface area contributed by atoms with Crippen LogP contribution >= 0.6 is 0 Å². The van der Waals surface area contributed by atoms with Crippen molar-refractivity contribution in [2.75, 3.05) is 50.1 Å². The highest BCUT2D eigenvalue weighted by molar-refractivity contribution is 5.92. The molecule has 1 aliphatic heterocycles. The van der Waals surface area contributed by atoms with Crippen LogP contribution in [0, 0.1) is 6.92 Å². The second-order valence-electron chi connectivity index (χ2n) is 9.32. The van der Waals surface area contributed by atoms with Gasteiger partial charge in [-0.05, 0) is 73.0 Å². The molecule has 2 heterocycles. The van der Waals surface area contributed by atoms with Crippen molar-refractivity contribution in [2.45, 2.75) is 33.2 Å². The van der Waals surface area contributed by atoms with Crippen LogP contribution in [0.25, 0.3) is 11.0 Å². The monoisotopic (exact) mass is 463 g/mol. The van der Waals surface area contributed by atoms with Gasteiger partial charge in [0.2, 0.25) is 5.91 Å². The Morgan fingerprint density at radius 2 is 1.82 bits per heavy atom. The number of fused-ring (bicyclic) bond motifs is 1. The van der Waals surface area contributed by atoms with Crippen molar-refractivity contribution in [3.8, 4) is 0 Å². The van der Waals surface area contributed by atoms with Crippen molar-refractivity contribution in [2.24, 2.45) is 0 Å². The third-order valence-corrected chi connectivity index (χ3v) is 6.22. The van der Waals surface area contributed by atoms with E-state index in [0.717, 1.165) is 54.2 Å². The van der Waals surface area contributed by atoms with Gasteiger partial charge in [-0.1, -0.05) is 13.8 Å². The maximum absolute atomic E-state index is 12.7. The molecule has 1 aromatic heterocycles. The largest absolute Gasteiger partial charge is 0.423 e. The van der Waals surface area contributed by atoms with E-state index in [-0.39, 0.29) is 18.1 Å². The van der Waals surface area contributed by atoms with E-state index in [1.165, 1.54) is 11.6 Å². The minimum absolute atomic E-state index is 0.104. The van der Waals surface area contributed by atoms with Gasteiger partial charge in [-0.15, -0.1) is 0 Å². The molecule has 0 aliphatic carbocycles. The number of carbonyl (C=O) groups excluding carboxylic acids is 1. The molecule has 0 bridgehead atoms. The fraction of sp³-hybridized carbons (Fsp3) is 0.407. The number of hydrogen-bond acceptors (Lipinski definition) is 6. The molecule has 7 nitrogen and oxygen atoms in total. The van der Waals surface area contributed by atoms with Crippen molar-refractivity contribution in [3.63, 3.8) is 0 Å². The van der Waals surface area contributed by atoms with E-state index in [1.54, 1.807) is 0 Å². The molecule has 4 rings (SSSR count). The summed E-state index contributed by atoms with van der Waals surface area (Å²) >= 11 is 0. The highest BCUT2D eigenvalue weighted by atomic mass is 16.5. The number of hydrogen-bond donors (Lipinski definition) is 1. The first-order valence-electron chi connectivity index (χ1n) is 11.8. The van der Waals surface area contributed by atoms with Crippen LogP contribution in [0.1, 0.15) is 36.5 Å². The standard InChI is InChI=1S/C27H33N3O4/c1-18(2)23-15-24-20(14-27(32)34-25(24)13-19(23)3)16-29(4)17-26(31)28-21-5-7-22(8-6-21)30-9-11-33-12-10-30/h5-8,13-15,18H,9-12,16-17H2,1-4H3,(H,28,31). The topological polar surface area (TPSA) is 75.0 Å². The number of carbonyl (C=O) groups is 1. The molecule has 1 amide bonds. The summed E-state index contributed by atoms with van der Waals surface area (Å²) in [7, 11) is 1.87. The molecule has 1 saturated heterocycles. The summed E-state index contributed by atoms with van der Waals surface area (Å²) in [6.45, 7) is 10.2. The Hall–Kier alpha value is -3.16. The van der Waals surface area contributed by atoms with E-state index >= 15 is 0 Å². The molecular weight excluding hydrogens is 430 g/mol. The number of amides is 1. The fourth-order valence-electron chi connectivity index (χ4n) is 4.51. The van der Waals surface area contributed by atoms with Crippen LogP contribution in [-0.2, 0) is 16.1 Å². The molecular formula is C27H33N3O4. The van der Waals surface area contributed by atoms with Crippen molar-refractivity contribution >= 4 is 28.3 Å². The number of likely N-dealkylation sites (N-methyl/N-ethyl adjacent to an activating group) is 1. The van der Waals surface area contributed by atoms with E-state index in [0.29, 0.717) is 18.0 Å². The summed E-state index contributed by atoms with van der Waals surface area (Å²) in [6, 6.07) is 13.5. The molecule has 1 fully saturated rings. The molecule has 34 heavy (non-hydrogen) atoms. The number of anilines is 2. The number of rotatable bonds is 7. The zero-order valence-electron chi connectivity index (χ0n) is 20.4. The predicted octanol–water partition coefficient (Wildman–Crippen LogP) is 4.13. The van der Waals surface area contributed by atoms with E-state index in [4.69, 9.17) is 9.15 Å². The first-order valence-corrected chi connectivity index (χ1v) is 11.8. The first-order chi connectivity index (χ1) is 16.3. The Bertz CT molecular complexity index is 1210. The molecule has 180 valence electrons. The summed E-state index contributed by atoms with van der Waals surface area (Å²) in [4.78, 5) is 29.0. The zero-order chi connectivity index (χ0) is 24.2. The Labute approximate surface area is 200 Å². The van der Waals surface area contributed by atoms with Crippen molar-refractivity contribution < 1.29 is 13.9 Å².